The zero-order valence-electron chi connectivity index (χ0n) is 20.6. The van der Waals surface area contributed by atoms with Gasteiger partial charge in [-0.15, -0.1) is 0 Å². The number of hydrogen-bond acceptors (Lipinski definition) is 5. The molecule has 1 fully saturated rings. The van der Waals surface area contributed by atoms with E-state index >= 15 is 0 Å². The van der Waals surface area contributed by atoms with Crippen LogP contribution in [0.2, 0.25) is 0 Å². The predicted octanol–water partition coefficient (Wildman–Crippen LogP) is 5.88. The Hall–Kier alpha value is -3.04. The van der Waals surface area contributed by atoms with Crippen molar-refractivity contribution in [2.75, 3.05) is 42.9 Å². The highest BCUT2D eigenvalue weighted by molar-refractivity contribution is 6.64. The molecule has 2 aromatic rings. The third kappa shape index (κ3) is 7.48. The van der Waals surface area contributed by atoms with Crippen molar-refractivity contribution in [2.45, 2.75) is 33.0 Å². The average molecular weight is 522 g/mol. The van der Waals surface area contributed by atoms with Crippen molar-refractivity contribution < 1.29 is 18.0 Å². The van der Waals surface area contributed by atoms with Crippen LogP contribution < -0.4 is 15.5 Å². The zero-order valence-corrected chi connectivity index (χ0v) is 21.4. The van der Waals surface area contributed by atoms with Gasteiger partial charge in [-0.2, -0.15) is 13.2 Å². The topological polar surface area (TPSA) is 60.0 Å². The van der Waals surface area contributed by atoms with E-state index < -0.39 is 17.6 Å². The standard InChI is InChI=1S/C26H31ClF3N5O/c1-5-34-9-11-35(12-10-34)24-15-21(13-22(16-24)26(28,29)30)25(36)33-23-8-6-7-20(14-23)17(2)31-19(4)32-18(3)27/h6-8,13-17,31H,4-5,9-12H2,1-3H3,(H,33,36)/b32-18+. The number of benzene rings is 2. The Balaban J connectivity index is 1.81. The minimum atomic E-state index is -4.57. The van der Waals surface area contributed by atoms with E-state index in [0.29, 0.717) is 35.5 Å². The predicted molar refractivity (Wildman–Crippen MR) is 140 cm³/mol. The summed E-state index contributed by atoms with van der Waals surface area (Å²) in [6.07, 6.45) is -4.57. The Morgan fingerprint density at radius 1 is 1.17 bits per heavy atom. The molecule has 1 saturated heterocycles. The highest BCUT2D eigenvalue weighted by Gasteiger charge is 2.32. The molecule has 0 aliphatic carbocycles. The van der Waals surface area contributed by atoms with Crippen LogP contribution in [0.15, 0.2) is 59.9 Å². The molecule has 0 radical (unpaired) electrons. The van der Waals surface area contributed by atoms with Gasteiger partial charge in [0, 0.05) is 49.2 Å². The average Bonchev–Trinajstić information content (AvgIpc) is 2.83. The smallest absolute Gasteiger partial charge is 0.369 e. The van der Waals surface area contributed by atoms with Crippen molar-refractivity contribution in [1.29, 1.82) is 0 Å². The van der Waals surface area contributed by atoms with Crippen LogP contribution in [-0.4, -0.2) is 48.7 Å². The molecule has 0 aromatic heterocycles. The van der Waals surface area contributed by atoms with Gasteiger partial charge in [-0.3, -0.25) is 4.79 Å². The molecule has 1 aliphatic heterocycles. The summed E-state index contributed by atoms with van der Waals surface area (Å²) in [4.78, 5) is 21.2. The first kappa shape index (κ1) is 27.5. The number of amides is 1. The number of halogens is 4. The summed E-state index contributed by atoms with van der Waals surface area (Å²) in [6.45, 7) is 13.0. The summed E-state index contributed by atoms with van der Waals surface area (Å²) < 4.78 is 41.0. The third-order valence-corrected chi connectivity index (χ3v) is 6.09. The van der Waals surface area contributed by atoms with E-state index in [4.69, 9.17) is 11.6 Å². The van der Waals surface area contributed by atoms with Crippen LogP contribution in [-0.2, 0) is 6.18 Å². The number of aliphatic imine (C=N–C) groups is 1. The molecule has 1 atom stereocenters. The summed E-state index contributed by atoms with van der Waals surface area (Å²) in [7, 11) is 0. The first-order chi connectivity index (χ1) is 17.0. The molecule has 3 rings (SSSR count). The number of anilines is 2. The lowest BCUT2D eigenvalue weighted by molar-refractivity contribution is -0.137. The number of hydrogen-bond donors (Lipinski definition) is 2. The fourth-order valence-corrected chi connectivity index (χ4v) is 4.15. The van der Waals surface area contributed by atoms with Gasteiger partial charge in [0.15, 0.2) is 0 Å². The highest BCUT2D eigenvalue weighted by atomic mass is 35.5. The fraction of sp³-hybridized carbons (Fsp3) is 0.385. The van der Waals surface area contributed by atoms with E-state index in [-0.39, 0.29) is 11.6 Å². The van der Waals surface area contributed by atoms with Crippen LogP contribution in [0, 0.1) is 0 Å². The van der Waals surface area contributed by atoms with Crippen molar-refractivity contribution >= 4 is 34.1 Å². The van der Waals surface area contributed by atoms with Crippen LogP contribution >= 0.6 is 11.6 Å². The summed E-state index contributed by atoms with van der Waals surface area (Å²) in [5.74, 6) is -0.222. The maximum atomic E-state index is 13.7. The maximum Gasteiger partial charge on any atom is 0.416 e. The van der Waals surface area contributed by atoms with Gasteiger partial charge >= 0.3 is 6.18 Å². The number of carbonyl (C=O) groups is 1. The fourth-order valence-electron chi connectivity index (χ4n) is 4.05. The van der Waals surface area contributed by atoms with Gasteiger partial charge in [0.25, 0.3) is 5.91 Å². The Kier molecular flexibility index (Phi) is 9.03. The lowest BCUT2D eigenvalue weighted by Crippen LogP contribution is -2.46. The highest BCUT2D eigenvalue weighted by Crippen LogP contribution is 2.33. The molecule has 2 N–H and O–H groups in total. The number of nitrogens with zero attached hydrogens (tertiary/aromatic N) is 3. The Labute approximate surface area is 214 Å². The molecule has 6 nitrogen and oxygen atoms in total. The SMILES string of the molecule is C=C(/N=C(\C)Cl)NC(C)c1cccc(NC(=O)c2cc(N3CCN(CC)CC3)cc(C(F)(F)F)c2)c1. The van der Waals surface area contributed by atoms with Crippen molar-refractivity contribution in [3.63, 3.8) is 0 Å². The maximum absolute atomic E-state index is 13.7. The van der Waals surface area contributed by atoms with E-state index in [1.54, 1.807) is 25.1 Å². The van der Waals surface area contributed by atoms with Crippen LogP contribution in [0.3, 0.4) is 0 Å². The molecule has 0 spiro atoms. The summed E-state index contributed by atoms with van der Waals surface area (Å²) in [5, 5.41) is 6.18. The van der Waals surface area contributed by atoms with Crippen molar-refractivity contribution in [3.8, 4) is 0 Å². The molecular formula is C26H31ClF3N5O. The Morgan fingerprint density at radius 2 is 1.86 bits per heavy atom. The molecule has 0 bridgehead atoms. The molecule has 10 heteroatoms. The molecule has 194 valence electrons. The number of carbonyl (C=O) groups excluding carboxylic acids is 1. The van der Waals surface area contributed by atoms with Crippen LogP contribution in [0.1, 0.15) is 48.3 Å². The normalized spacial score (nSPS) is 16.0. The first-order valence-corrected chi connectivity index (χ1v) is 12.1. The number of nitrogens with one attached hydrogen (secondary N) is 2. The number of rotatable bonds is 8. The van der Waals surface area contributed by atoms with Gasteiger partial charge in [0.2, 0.25) is 0 Å². The van der Waals surface area contributed by atoms with E-state index in [0.717, 1.165) is 37.3 Å². The van der Waals surface area contributed by atoms with Crippen molar-refractivity contribution in [3.05, 3.63) is 71.6 Å². The Bertz CT molecular complexity index is 1120. The second kappa shape index (κ2) is 11.8. The molecule has 2 aromatic carbocycles. The lowest BCUT2D eigenvalue weighted by atomic mass is 10.1. The van der Waals surface area contributed by atoms with E-state index in [2.05, 4.69) is 34.0 Å². The quantitative estimate of drug-likeness (QED) is 0.426. The number of piperazine rings is 1. The lowest BCUT2D eigenvalue weighted by Gasteiger charge is -2.36. The molecule has 36 heavy (non-hydrogen) atoms. The third-order valence-electron chi connectivity index (χ3n) is 6.01. The van der Waals surface area contributed by atoms with Crippen LogP contribution in [0.4, 0.5) is 24.5 Å². The van der Waals surface area contributed by atoms with Crippen molar-refractivity contribution in [2.24, 2.45) is 4.99 Å². The summed E-state index contributed by atoms with van der Waals surface area (Å²) >= 11 is 5.78. The first-order valence-electron chi connectivity index (χ1n) is 11.7. The molecular weight excluding hydrogens is 491 g/mol. The minimum Gasteiger partial charge on any atom is -0.369 e. The van der Waals surface area contributed by atoms with Crippen LogP contribution in [0.5, 0.6) is 0 Å². The second-order valence-corrected chi connectivity index (χ2v) is 9.24. The van der Waals surface area contributed by atoms with Crippen molar-refractivity contribution in [1.82, 2.24) is 10.2 Å². The molecule has 1 unspecified atom stereocenters. The van der Waals surface area contributed by atoms with Crippen LogP contribution in [0.25, 0.3) is 0 Å². The summed E-state index contributed by atoms with van der Waals surface area (Å²) in [5.41, 5.74) is 0.795. The number of likely N-dealkylation sites (N-methyl/N-ethyl adjacent to an activating group) is 1. The largest absolute Gasteiger partial charge is 0.416 e. The van der Waals surface area contributed by atoms with Gasteiger partial charge in [0.05, 0.1) is 5.56 Å². The van der Waals surface area contributed by atoms with Gasteiger partial charge in [-0.1, -0.05) is 37.2 Å². The summed E-state index contributed by atoms with van der Waals surface area (Å²) in [6, 6.07) is 10.4. The Morgan fingerprint density at radius 3 is 2.47 bits per heavy atom. The molecule has 0 saturated carbocycles. The molecule has 1 aliphatic rings. The van der Waals surface area contributed by atoms with Gasteiger partial charge in [-0.05, 0) is 56.3 Å². The van der Waals surface area contributed by atoms with E-state index in [1.165, 1.54) is 6.07 Å². The van der Waals surface area contributed by atoms with E-state index in [1.807, 2.05) is 17.9 Å². The molecule has 1 heterocycles. The van der Waals surface area contributed by atoms with Gasteiger partial charge in [0.1, 0.15) is 11.0 Å². The van der Waals surface area contributed by atoms with E-state index in [9.17, 15) is 18.0 Å². The van der Waals surface area contributed by atoms with Gasteiger partial charge < -0.3 is 20.4 Å². The zero-order chi connectivity index (χ0) is 26.5. The van der Waals surface area contributed by atoms with Gasteiger partial charge in [-0.25, -0.2) is 4.99 Å². The minimum absolute atomic E-state index is 0.0466. The monoisotopic (exact) mass is 521 g/mol. The number of alkyl halides is 3. The molecule has 1 amide bonds. The second-order valence-electron chi connectivity index (χ2n) is 8.69.